The van der Waals surface area contributed by atoms with E-state index in [1.165, 1.54) is 6.42 Å². The second kappa shape index (κ2) is 5.48. The van der Waals surface area contributed by atoms with Gasteiger partial charge in [0.15, 0.2) is 0 Å². The molecule has 0 spiro atoms. The first-order chi connectivity index (χ1) is 8.65. The largest absolute Gasteiger partial charge is 0.497 e. The molecule has 4 nitrogen and oxygen atoms in total. The van der Waals surface area contributed by atoms with Crippen LogP contribution in [0.5, 0.6) is 11.5 Å². The topological polar surface area (TPSA) is 56.5 Å². The van der Waals surface area contributed by atoms with Gasteiger partial charge in [0.1, 0.15) is 11.5 Å². The van der Waals surface area contributed by atoms with Crippen LogP contribution in [0.4, 0.5) is 5.69 Å². The van der Waals surface area contributed by atoms with Crippen molar-refractivity contribution in [2.24, 2.45) is 5.73 Å². The average Bonchev–Trinajstić information content (AvgIpc) is 2.77. The Kier molecular flexibility index (Phi) is 3.97. The highest BCUT2D eigenvalue weighted by Gasteiger charge is 2.25. The zero-order valence-electron chi connectivity index (χ0n) is 11.3. The second-order valence-corrected chi connectivity index (χ2v) is 4.87. The Morgan fingerprint density at radius 3 is 2.56 bits per heavy atom. The van der Waals surface area contributed by atoms with E-state index < -0.39 is 0 Å². The second-order valence-electron chi connectivity index (χ2n) is 4.87. The molecule has 0 radical (unpaired) electrons. The third kappa shape index (κ3) is 2.53. The minimum Gasteiger partial charge on any atom is -0.497 e. The Morgan fingerprint density at radius 1 is 1.22 bits per heavy atom. The Morgan fingerprint density at radius 2 is 2.00 bits per heavy atom. The lowest BCUT2D eigenvalue weighted by Gasteiger charge is -2.22. The fraction of sp³-hybridized carbons (Fsp3) is 0.571. The smallest absolute Gasteiger partial charge is 0.145 e. The number of methoxy groups -OCH3 is 2. The summed E-state index contributed by atoms with van der Waals surface area (Å²) in [7, 11) is 3.34. The van der Waals surface area contributed by atoms with Gasteiger partial charge in [-0.25, -0.2) is 0 Å². The van der Waals surface area contributed by atoms with Crippen molar-refractivity contribution >= 4 is 5.69 Å². The van der Waals surface area contributed by atoms with Gasteiger partial charge in [-0.2, -0.15) is 0 Å². The number of hydrogen-bond donors (Lipinski definition) is 2. The van der Waals surface area contributed by atoms with Gasteiger partial charge >= 0.3 is 0 Å². The highest BCUT2D eigenvalue weighted by Crippen LogP contribution is 2.35. The molecule has 0 heterocycles. The number of hydrogen-bond acceptors (Lipinski definition) is 4. The summed E-state index contributed by atoms with van der Waals surface area (Å²) in [5.74, 6) is 1.62. The number of ether oxygens (including phenoxy) is 2. The summed E-state index contributed by atoms with van der Waals surface area (Å²) in [5, 5.41) is 3.52. The molecule has 4 heteroatoms. The van der Waals surface area contributed by atoms with Gasteiger partial charge in [0.25, 0.3) is 0 Å². The van der Waals surface area contributed by atoms with Crippen molar-refractivity contribution in [3.8, 4) is 11.5 Å². The van der Waals surface area contributed by atoms with E-state index in [0.717, 1.165) is 35.6 Å². The van der Waals surface area contributed by atoms with E-state index in [0.29, 0.717) is 6.04 Å². The summed E-state index contributed by atoms with van der Waals surface area (Å²) < 4.78 is 10.7. The van der Waals surface area contributed by atoms with Crippen LogP contribution in [0.15, 0.2) is 12.1 Å². The Labute approximate surface area is 108 Å². The average molecular weight is 250 g/mol. The van der Waals surface area contributed by atoms with Crippen LogP contribution in [0.2, 0.25) is 0 Å². The highest BCUT2D eigenvalue weighted by molar-refractivity contribution is 5.65. The molecule has 2 rings (SSSR count). The van der Waals surface area contributed by atoms with Crippen LogP contribution in [0.1, 0.15) is 24.8 Å². The van der Waals surface area contributed by atoms with Crippen LogP contribution < -0.4 is 20.5 Å². The van der Waals surface area contributed by atoms with Crippen molar-refractivity contribution in [3.05, 3.63) is 17.7 Å². The van der Waals surface area contributed by atoms with Crippen LogP contribution in [0.3, 0.4) is 0 Å². The Balaban J connectivity index is 2.25. The van der Waals surface area contributed by atoms with Crippen LogP contribution in [0.25, 0.3) is 0 Å². The molecule has 1 saturated carbocycles. The van der Waals surface area contributed by atoms with E-state index in [-0.39, 0.29) is 6.04 Å². The van der Waals surface area contributed by atoms with Crippen molar-refractivity contribution in [3.63, 3.8) is 0 Å². The van der Waals surface area contributed by atoms with Gasteiger partial charge in [0.2, 0.25) is 0 Å². The molecule has 1 aliphatic carbocycles. The summed E-state index contributed by atoms with van der Waals surface area (Å²) >= 11 is 0. The number of aryl methyl sites for hydroxylation is 1. The summed E-state index contributed by atoms with van der Waals surface area (Å²) in [4.78, 5) is 0. The van der Waals surface area contributed by atoms with Gasteiger partial charge in [0.05, 0.1) is 19.9 Å². The number of benzene rings is 1. The molecule has 1 aromatic rings. The zero-order valence-corrected chi connectivity index (χ0v) is 11.3. The van der Waals surface area contributed by atoms with Gasteiger partial charge in [-0.3, -0.25) is 0 Å². The SMILES string of the molecule is COc1cc(C)c(NC2CCCC2N)c(OC)c1. The Hall–Kier alpha value is -1.42. The predicted octanol–water partition coefficient (Wildman–Crippen LogP) is 2.30. The molecule has 18 heavy (non-hydrogen) atoms. The lowest BCUT2D eigenvalue weighted by atomic mass is 10.1. The molecule has 1 aromatic carbocycles. The normalized spacial score (nSPS) is 22.9. The van der Waals surface area contributed by atoms with E-state index in [9.17, 15) is 0 Å². The lowest BCUT2D eigenvalue weighted by molar-refractivity contribution is 0.394. The molecular formula is C14H22N2O2. The van der Waals surface area contributed by atoms with Crippen molar-refractivity contribution in [1.29, 1.82) is 0 Å². The number of rotatable bonds is 4. The summed E-state index contributed by atoms with van der Waals surface area (Å²) in [6, 6.07) is 4.48. The number of nitrogens with two attached hydrogens (primary N) is 1. The maximum atomic E-state index is 6.10. The van der Waals surface area contributed by atoms with Crippen LogP contribution in [0, 0.1) is 6.92 Å². The molecule has 3 N–H and O–H groups in total. The lowest BCUT2D eigenvalue weighted by Crippen LogP contribution is -2.35. The van der Waals surface area contributed by atoms with Gasteiger partial charge in [-0.1, -0.05) is 0 Å². The van der Waals surface area contributed by atoms with Crippen molar-refractivity contribution in [2.45, 2.75) is 38.3 Å². The van der Waals surface area contributed by atoms with E-state index in [4.69, 9.17) is 15.2 Å². The van der Waals surface area contributed by atoms with E-state index in [1.54, 1.807) is 14.2 Å². The molecule has 0 aromatic heterocycles. The first kappa shape index (κ1) is 13.0. The Bertz CT molecular complexity index is 421. The fourth-order valence-electron chi connectivity index (χ4n) is 2.54. The molecule has 1 fully saturated rings. The quantitative estimate of drug-likeness (QED) is 0.861. The van der Waals surface area contributed by atoms with Gasteiger partial charge in [-0.15, -0.1) is 0 Å². The van der Waals surface area contributed by atoms with Crippen molar-refractivity contribution in [2.75, 3.05) is 19.5 Å². The third-order valence-corrected chi connectivity index (χ3v) is 3.63. The standard InChI is InChI=1S/C14H22N2O2/c1-9-7-10(17-2)8-13(18-3)14(9)16-12-6-4-5-11(12)15/h7-8,11-12,16H,4-6,15H2,1-3H3. The van der Waals surface area contributed by atoms with Crippen LogP contribution in [-0.4, -0.2) is 26.3 Å². The number of anilines is 1. The minimum atomic E-state index is 0.233. The third-order valence-electron chi connectivity index (χ3n) is 3.63. The maximum Gasteiger partial charge on any atom is 0.145 e. The zero-order chi connectivity index (χ0) is 13.1. The summed E-state index contributed by atoms with van der Waals surface area (Å²) in [5.41, 5.74) is 8.24. The summed E-state index contributed by atoms with van der Waals surface area (Å²) in [6.45, 7) is 2.05. The molecule has 1 aliphatic rings. The van der Waals surface area contributed by atoms with E-state index in [2.05, 4.69) is 5.32 Å². The van der Waals surface area contributed by atoms with Crippen LogP contribution in [-0.2, 0) is 0 Å². The van der Waals surface area contributed by atoms with Crippen LogP contribution >= 0.6 is 0 Å². The highest BCUT2D eigenvalue weighted by atomic mass is 16.5. The van der Waals surface area contributed by atoms with Gasteiger partial charge in [0, 0.05) is 18.2 Å². The predicted molar refractivity (Wildman–Crippen MR) is 73.5 cm³/mol. The molecule has 0 bridgehead atoms. The minimum absolute atomic E-state index is 0.233. The molecule has 0 amide bonds. The van der Waals surface area contributed by atoms with E-state index >= 15 is 0 Å². The van der Waals surface area contributed by atoms with Gasteiger partial charge in [-0.05, 0) is 37.8 Å². The molecule has 0 saturated heterocycles. The first-order valence-electron chi connectivity index (χ1n) is 6.40. The molecule has 2 unspecified atom stereocenters. The summed E-state index contributed by atoms with van der Waals surface area (Å²) in [6.07, 6.45) is 3.40. The van der Waals surface area contributed by atoms with Crippen molar-refractivity contribution < 1.29 is 9.47 Å². The maximum absolute atomic E-state index is 6.10. The fourth-order valence-corrected chi connectivity index (χ4v) is 2.54. The molecule has 0 aliphatic heterocycles. The molecule has 100 valence electrons. The van der Waals surface area contributed by atoms with Crippen molar-refractivity contribution in [1.82, 2.24) is 0 Å². The van der Waals surface area contributed by atoms with Gasteiger partial charge < -0.3 is 20.5 Å². The molecule has 2 atom stereocenters. The molecular weight excluding hydrogens is 228 g/mol. The van der Waals surface area contributed by atoms with E-state index in [1.807, 2.05) is 19.1 Å². The monoisotopic (exact) mass is 250 g/mol. The first-order valence-corrected chi connectivity index (χ1v) is 6.40. The number of nitrogens with one attached hydrogen (secondary N) is 1.